The molecule has 0 aromatic carbocycles. The minimum Gasteiger partial charge on any atom is -0.0808 e. The van der Waals surface area contributed by atoms with E-state index >= 15 is 0 Å². The average Bonchev–Trinajstić information content (AvgIpc) is 3.21. The highest BCUT2D eigenvalue weighted by Gasteiger charge is 2.58. The Bertz CT molecular complexity index is 606. The van der Waals surface area contributed by atoms with Gasteiger partial charge in [0.05, 0.1) is 8.07 Å². The van der Waals surface area contributed by atoms with E-state index in [4.69, 9.17) is 0 Å². The molecule has 0 amide bonds. The predicted octanol–water partition coefficient (Wildman–Crippen LogP) is 7.50. The minimum atomic E-state index is -1.48. The lowest BCUT2D eigenvalue weighted by atomic mass is 9.91. The van der Waals surface area contributed by atoms with E-state index in [1.807, 2.05) is 0 Å². The highest BCUT2D eigenvalue weighted by atomic mass is 28.3. The summed E-state index contributed by atoms with van der Waals surface area (Å²) in [6.07, 6.45) is 22.4. The van der Waals surface area contributed by atoms with Gasteiger partial charge < -0.3 is 0 Å². The van der Waals surface area contributed by atoms with Crippen LogP contribution in [0.15, 0.2) is 48.6 Å². The van der Waals surface area contributed by atoms with Crippen molar-refractivity contribution >= 4 is 8.07 Å². The van der Waals surface area contributed by atoms with E-state index in [-0.39, 0.29) is 0 Å². The SMILES string of the molecule is CC(C)C1C[C@@H]2C=CC=CC2C1[Si](C)(C)C1C(C(C)C)C[C@@H]2C=CC=CC12. The van der Waals surface area contributed by atoms with E-state index in [1.54, 1.807) is 0 Å². The normalized spacial score (nSPS) is 43.0. The van der Waals surface area contributed by atoms with Gasteiger partial charge in [0.15, 0.2) is 0 Å². The van der Waals surface area contributed by atoms with Gasteiger partial charge in [0.2, 0.25) is 0 Å². The molecule has 4 aliphatic rings. The van der Waals surface area contributed by atoms with Crippen LogP contribution in [-0.4, -0.2) is 8.07 Å². The second-order valence-corrected chi connectivity index (χ2v) is 16.2. The lowest BCUT2D eigenvalue weighted by Crippen LogP contribution is -2.47. The summed E-state index contributed by atoms with van der Waals surface area (Å²) in [7, 11) is -1.48. The van der Waals surface area contributed by atoms with E-state index in [9.17, 15) is 0 Å². The predicted molar refractivity (Wildman–Crippen MR) is 121 cm³/mol. The second-order valence-electron chi connectivity index (χ2n) is 11.2. The summed E-state index contributed by atoms with van der Waals surface area (Å²) >= 11 is 0. The van der Waals surface area contributed by atoms with Gasteiger partial charge in [-0.1, -0.05) is 89.4 Å². The third-order valence-corrected chi connectivity index (χ3v) is 13.9. The molecule has 27 heavy (non-hydrogen) atoms. The number of allylic oxidation sites excluding steroid dienone is 8. The molecule has 0 spiro atoms. The summed E-state index contributed by atoms with van der Waals surface area (Å²) in [5.74, 6) is 6.65. The molecule has 6 unspecified atom stereocenters. The van der Waals surface area contributed by atoms with Crippen molar-refractivity contribution in [2.75, 3.05) is 0 Å². The fourth-order valence-corrected chi connectivity index (χ4v) is 14.2. The summed E-state index contributed by atoms with van der Waals surface area (Å²) < 4.78 is 0. The summed E-state index contributed by atoms with van der Waals surface area (Å²) in [4.78, 5) is 0. The molecule has 4 aliphatic carbocycles. The first-order chi connectivity index (χ1) is 12.8. The van der Waals surface area contributed by atoms with Crippen LogP contribution in [0.4, 0.5) is 0 Å². The maximum atomic E-state index is 2.79. The van der Waals surface area contributed by atoms with E-state index in [0.717, 1.165) is 58.4 Å². The Morgan fingerprint density at radius 1 is 0.630 bits per heavy atom. The van der Waals surface area contributed by atoms with Crippen molar-refractivity contribution in [2.24, 2.45) is 47.3 Å². The Kier molecular flexibility index (Phi) is 5.21. The smallest absolute Gasteiger partial charge is 0.0553 e. The van der Waals surface area contributed by atoms with Crippen LogP contribution in [0.5, 0.6) is 0 Å². The van der Waals surface area contributed by atoms with Gasteiger partial charge in [0.1, 0.15) is 0 Å². The summed E-state index contributed by atoms with van der Waals surface area (Å²) in [5.41, 5.74) is 1.88. The molecule has 1 heteroatoms. The molecule has 0 N–H and O–H groups in total. The van der Waals surface area contributed by atoms with Gasteiger partial charge in [-0.3, -0.25) is 0 Å². The first kappa shape index (κ1) is 19.5. The highest BCUT2D eigenvalue weighted by molar-refractivity contribution is 6.80. The fraction of sp³-hybridized carbons (Fsp3) is 0.692. The average molecular weight is 381 g/mol. The Labute approximate surface area is 168 Å². The first-order valence-electron chi connectivity index (χ1n) is 11.5. The molecule has 0 saturated heterocycles. The van der Waals surface area contributed by atoms with Crippen molar-refractivity contribution in [3.8, 4) is 0 Å². The van der Waals surface area contributed by atoms with Crippen LogP contribution in [0.25, 0.3) is 0 Å². The molecular weight excluding hydrogens is 340 g/mol. The number of fused-ring (bicyclic) bond motifs is 2. The molecule has 8 atom stereocenters. The van der Waals surface area contributed by atoms with E-state index in [1.165, 1.54) is 12.8 Å². The summed E-state index contributed by atoms with van der Waals surface area (Å²) in [6.45, 7) is 15.6. The number of rotatable bonds is 4. The van der Waals surface area contributed by atoms with Gasteiger partial charge in [-0.15, -0.1) is 0 Å². The molecule has 0 radical (unpaired) electrons. The summed E-state index contributed by atoms with van der Waals surface area (Å²) in [5, 5.41) is 0. The van der Waals surface area contributed by atoms with Crippen LogP contribution in [0.1, 0.15) is 40.5 Å². The van der Waals surface area contributed by atoms with Crippen molar-refractivity contribution < 1.29 is 0 Å². The van der Waals surface area contributed by atoms with Gasteiger partial charge >= 0.3 is 0 Å². The Morgan fingerprint density at radius 2 is 1.00 bits per heavy atom. The van der Waals surface area contributed by atoms with Gasteiger partial charge in [-0.05, 0) is 71.3 Å². The van der Waals surface area contributed by atoms with Crippen molar-refractivity contribution in [1.29, 1.82) is 0 Å². The molecule has 2 fully saturated rings. The molecule has 148 valence electrons. The molecule has 0 heterocycles. The lowest BCUT2D eigenvalue weighted by Gasteiger charge is -2.48. The van der Waals surface area contributed by atoms with E-state index < -0.39 is 8.07 Å². The number of hydrogen-bond donors (Lipinski definition) is 0. The van der Waals surface area contributed by atoms with Crippen LogP contribution in [0.2, 0.25) is 24.2 Å². The van der Waals surface area contributed by atoms with Crippen molar-refractivity contribution in [1.82, 2.24) is 0 Å². The lowest BCUT2D eigenvalue weighted by molar-refractivity contribution is 0.351. The van der Waals surface area contributed by atoms with Crippen LogP contribution < -0.4 is 0 Å². The second kappa shape index (κ2) is 7.21. The monoisotopic (exact) mass is 380 g/mol. The maximum Gasteiger partial charge on any atom is 0.0553 e. The van der Waals surface area contributed by atoms with Gasteiger partial charge in [-0.25, -0.2) is 0 Å². The Hall–Kier alpha value is -0.823. The van der Waals surface area contributed by atoms with E-state index in [0.29, 0.717) is 0 Å². The molecular formula is C26H40Si. The standard InChI is InChI=1S/C26H40Si/c1-17(2)23-15-19-11-7-9-13-21(19)25(23)27(5,6)26-22-14-10-8-12-20(22)16-24(26)18(3)4/h7-14,17-26H,15-16H2,1-6H3/t19-,20-,21?,22?,23?,24?,25?,26?/m0/s1. The van der Waals surface area contributed by atoms with Crippen molar-refractivity contribution in [3.63, 3.8) is 0 Å². The van der Waals surface area contributed by atoms with Gasteiger partial charge in [0.25, 0.3) is 0 Å². The van der Waals surface area contributed by atoms with Crippen LogP contribution in [0, 0.1) is 47.3 Å². The molecule has 0 aromatic heterocycles. The van der Waals surface area contributed by atoms with Crippen LogP contribution >= 0.6 is 0 Å². The zero-order chi connectivity index (χ0) is 19.3. The van der Waals surface area contributed by atoms with Gasteiger partial charge in [-0.2, -0.15) is 0 Å². The van der Waals surface area contributed by atoms with Crippen molar-refractivity contribution in [2.45, 2.75) is 64.7 Å². The quantitative estimate of drug-likeness (QED) is 0.443. The third-order valence-electron chi connectivity index (χ3n) is 8.87. The molecule has 0 aromatic rings. The molecule has 0 aliphatic heterocycles. The largest absolute Gasteiger partial charge is 0.0808 e. The van der Waals surface area contributed by atoms with Gasteiger partial charge in [0, 0.05) is 0 Å². The molecule has 2 saturated carbocycles. The zero-order valence-corrected chi connectivity index (χ0v) is 19.3. The molecule has 0 bridgehead atoms. The van der Waals surface area contributed by atoms with Crippen LogP contribution in [-0.2, 0) is 0 Å². The fourth-order valence-electron chi connectivity index (χ4n) is 7.77. The summed E-state index contributed by atoms with van der Waals surface area (Å²) in [6, 6.07) is 0. The van der Waals surface area contributed by atoms with Crippen molar-refractivity contribution in [3.05, 3.63) is 48.6 Å². The Morgan fingerprint density at radius 3 is 1.37 bits per heavy atom. The van der Waals surface area contributed by atoms with Crippen LogP contribution in [0.3, 0.4) is 0 Å². The Balaban J connectivity index is 1.73. The zero-order valence-electron chi connectivity index (χ0n) is 18.3. The minimum absolute atomic E-state index is 0.802. The van der Waals surface area contributed by atoms with E-state index in [2.05, 4.69) is 89.4 Å². The molecule has 4 rings (SSSR count). The topological polar surface area (TPSA) is 0 Å². The highest BCUT2D eigenvalue weighted by Crippen LogP contribution is 2.64. The maximum absolute atomic E-state index is 2.79. The molecule has 0 nitrogen and oxygen atoms in total. The first-order valence-corrected chi connectivity index (χ1v) is 14.7. The third kappa shape index (κ3) is 3.18. The number of hydrogen-bond acceptors (Lipinski definition) is 0.